The maximum Gasteiger partial charge on any atom is 0.0732 e. The van der Waals surface area contributed by atoms with Crippen molar-refractivity contribution in [2.24, 2.45) is 5.41 Å². The molecule has 0 radical (unpaired) electrons. The van der Waals surface area contributed by atoms with Crippen LogP contribution in [-0.2, 0) is 22.6 Å². The van der Waals surface area contributed by atoms with Gasteiger partial charge in [-0.3, -0.25) is 14.9 Å². The average Bonchev–Trinajstić information content (AvgIpc) is 2.69. The first-order chi connectivity index (χ1) is 12.8. The summed E-state index contributed by atoms with van der Waals surface area (Å²) in [4.78, 5) is 10.8. The zero-order chi connectivity index (χ0) is 17.7. The zero-order valence-corrected chi connectivity index (χ0v) is 15.2. The van der Waals surface area contributed by atoms with Gasteiger partial charge in [-0.1, -0.05) is 6.07 Å². The number of rotatable bonds is 6. The van der Waals surface area contributed by atoms with Crippen LogP contribution < -0.4 is 0 Å². The molecule has 0 bridgehead atoms. The second-order valence-electron chi connectivity index (χ2n) is 7.53. The van der Waals surface area contributed by atoms with E-state index >= 15 is 0 Å². The molecule has 2 aliphatic heterocycles. The second kappa shape index (κ2) is 8.25. The Morgan fingerprint density at radius 2 is 2.08 bits per heavy atom. The Morgan fingerprint density at radius 3 is 2.92 bits per heavy atom. The lowest BCUT2D eigenvalue weighted by molar-refractivity contribution is -0.155. The highest BCUT2D eigenvalue weighted by molar-refractivity contribution is 5.10. The molecule has 0 saturated carbocycles. The van der Waals surface area contributed by atoms with Crippen LogP contribution >= 0.6 is 0 Å². The zero-order valence-electron chi connectivity index (χ0n) is 15.2. The standard InChI is InChI=1S/C21H27N3O2/c1-3-19(13-23-8-1)15-25-17-21-7-2-12-26-20(21)6-11-24(16-21)14-18-4-9-22-10-5-18/h1,3-5,8-10,13,20H,2,6-7,11-12,14-17H2/t20-,21-/m1/s1. The summed E-state index contributed by atoms with van der Waals surface area (Å²) in [6.07, 6.45) is 11.1. The summed E-state index contributed by atoms with van der Waals surface area (Å²) in [6.45, 7) is 5.34. The van der Waals surface area contributed by atoms with Gasteiger partial charge in [-0.05, 0) is 48.6 Å². The van der Waals surface area contributed by atoms with Crippen molar-refractivity contribution < 1.29 is 9.47 Å². The van der Waals surface area contributed by atoms with Crippen LogP contribution in [0.2, 0.25) is 0 Å². The van der Waals surface area contributed by atoms with Crippen molar-refractivity contribution in [2.45, 2.75) is 38.5 Å². The molecule has 2 fully saturated rings. The number of fused-ring (bicyclic) bond motifs is 1. The first-order valence-electron chi connectivity index (χ1n) is 9.54. The van der Waals surface area contributed by atoms with Gasteiger partial charge in [0.2, 0.25) is 0 Å². The number of likely N-dealkylation sites (tertiary alicyclic amines) is 1. The molecule has 4 rings (SSSR count). The number of hydrogen-bond donors (Lipinski definition) is 0. The van der Waals surface area contributed by atoms with E-state index in [1.807, 2.05) is 24.7 Å². The third kappa shape index (κ3) is 4.11. The molecule has 5 nitrogen and oxygen atoms in total. The number of pyridine rings is 2. The van der Waals surface area contributed by atoms with Crippen molar-refractivity contribution in [2.75, 3.05) is 26.3 Å². The lowest BCUT2D eigenvalue weighted by Crippen LogP contribution is -2.56. The predicted molar refractivity (Wildman–Crippen MR) is 99.4 cm³/mol. The highest BCUT2D eigenvalue weighted by Crippen LogP contribution is 2.41. The molecule has 0 spiro atoms. The number of nitrogens with zero attached hydrogens (tertiary/aromatic N) is 3. The molecule has 26 heavy (non-hydrogen) atoms. The Morgan fingerprint density at radius 1 is 1.15 bits per heavy atom. The normalized spacial score (nSPS) is 26.4. The lowest BCUT2D eigenvalue weighted by atomic mass is 9.73. The van der Waals surface area contributed by atoms with E-state index < -0.39 is 0 Å². The molecular formula is C21H27N3O2. The fraction of sp³-hybridized carbons (Fsp3) is 0.524. The molecule has 0 aliphatic carbocycles. The fourth-order valence-electron chi connectivity index (χ4n) is 4.33. The molecule has 0 aromatic carbocycles. The van der Waals surface area contributed by atoms with Gasteiger partial charge in [0.1, 0.15) is 0 Å². The summed E-state index contributed by atoms with van der Waals surface area (Å²) >= 11 is 0. The Kier molecular flexibility index (Phi) is 5.58. The number of ether oxygens (including phenoxy) is 2. The summed E-state index contributed by atoms with van der Waals surface area (Å²) in [5.74, 6) is 0. The summed E-state index contributed by atoms with van der Waals surface area (Å²) in [7, 11) is 0. The molecule has 138 valence electrons. The molecule has 2 aromatic heterocycles. The van der Waals surface area contributed by atoms with Crippen LogP contribution in [0.15, 0.2) is 49.1 Å². The minimum atomic E-state index is 0.103. The SMILES string of the molecule is c1cncc(COC[C@]23CCCO[C@@H]2CCN(Cc2ccncc2)C3)c1. The van der Waals surface area contributed by atoms with Crippen LogP contribution in [-0.4, -0.2) is 47.3 Å². The van der Waals surface area contributed by atoms with Crippen LogP contribution in [0, 0.1) is 5.41 Å². The van der Waals surface area contributed by atoms with Gasteiger partial charge in [0.05, 0.1) is 19.3 Å². The van der Waals surface area contributed by atoms with Crippen molar-refractivity contribution in [1.29, 1.82) is 0 Å². The van der Waals surface area contributed by atoms with Gasteiger partial charge in [0.25, 0.3) is 0 Å². The van der Waals surface area contributed by atoms with Gasteiger partial charge < -0.3 is 9.47 Å². The molecule has 2 atom stereocenters. The molecule has 5 heteroatoms. The van der Waals surface area contributed by atoms with Crippen molar-refractivity contribution in [1.82, 2.24) is 14.9 Å². The monoisotopic (exact) mass is 353 g/mol. The highest BCUT2D eigenvalue weighted by Gasteiger charge is 2.46. The average molecular weight is 353 g/mol. The minimum absolute atomic E-state index is 0.103. The summed E-state index contributed by atoms with van der Waals surface area (Å²) in [5, 5.41) is 0. The largest absolute Gasteiger partial charge is 0.377 e. The van der Waals surface area contributed by atoms with Gasteiger partial charge in [-0.25, -0.2) is 0 Å². The Bertz CT molecular complexity index is 682. The third-order valence-corrected chi connectivity index (χ3v) is 5.60. The molecule has 0 amide bonds. The van der Waals surface area contributed by atoms with E-state index in [0.29, 0.717) is 12.7 Å². The van der Waals surface area contributed by atoms with Crippen LogP contribution in [0.3, 0.4) is 0 Å². The van der Waals surface area contributed by atoms with Gasteiger partial charge in [-0.15, -0.1) is 0 Å². The maximum absolute atomic E-state index is 6.16. The van der Waals surface area contributed by atoms with E-state index in [4.69, 9.17) is 9.47 Å². The van der Waals surface area contributed by atoms with Crippen molar-refractivity contribution in [3.05, 3.63) is 60.2 Å². The topological polar surface area (TPSA) is 47.5 Å². The van der Waals surface area contributed by atoms with E-state index in [9.17, 15) is 0 Å². The Labute approximate surface area is 155 Å². The van der Waals surface area contributed by atoms with Crippen LogP contribution in [0.5, 0.6) is 0 Å². The lowest BCUT2D eigenvalue weighted by Gasteiger charge is -2.50. The highest BCUT2D eigenvalue weighted by atomic mass is 16.5. The molecule has 2 saturated heterocycles. The Balaban J connectivity index is 1.41. The van der Waals surface area contributed by atoms with Crippen LogP contribution in [0.25, 0.3) is 0 Å². The van der Waals surface area contributed by atoms with E-state index in [2.05, 4.69) is 33.1 Å². The molecule has 0 N–H and O–H groups in total. The minimum Gasteiger partial charge on any atom is -0.377 e. The van der Waals surface area contributed by atoms with Gasteiger partial charge >= 0.3 is 0 Å². The number of aromatic nitrogens is 2. The number of piperidine rings is 1. The molecule has 0 unspecified atom stereocenters. The second-order valence-corrected chi connectivity index (χ2v) is 7.53. The van der Waals surface area contributed by atoms with Crippen molar-refractivity contribution in [3.63, 3.8) is 0 Å². The van der Waals surface area contributed by atoms with Crippen LogP contribution in [0.1, 0.15) is 30.4 Å². The molecule has 2 aromatic rings. The molecular weight excluding hydrogens is 326 g/mol. The molecule has 2 aliphatic rings. The van der Waals surface area contributed by atoms with E-state index in [-0.39, 0.29) is 5.41 Å². The third-order valence-electron chi connectivity index (χ3n) is 5.60. The maximum atomic E-state index is 6.16. The predicted octanol–water partition coefficient (Wildman–Crippen LogP) is 3.06. The van der Waals surface area contributed by atoms with E-state index in [1.54, 1.807) is 6.20 Å². The first kappa shape index (κ1) is 17.6. The fourth-order valence-corrected chi connectivity index (χ4v) is 4.33. The van der Waals surface area contributed by atoms with E-state index in [1.165, 1.54) is 12.0 Å². The smallest absolute Gasteiger partial charge is 0.0732 e. The van der Waals surface area contributed by atoms with Crippen molar-refractivity contribution in [3.8, 4) is 0 Å². The summed E-state index contributed by atoms with van der Waals surface area (Å²) < 4.78 is 12.3. The number of hydrogen-bond acceptors (Lipinski definition) is 5. The van der Waals surface area contributed by atoms with Gasteiger partial charge in [0.15, 0.2) is 0 Å². The van der Waals surface area contributed by atoms with Crippen LogP contribution in [0.4, 0.5) is 0 Å². The first-order valence-corrected chi connectivity index (χ1v) is 9.54. The van der Waals surface area contributed by atoms with Crippen molar-refractivity contribution >= 4 is 0 Å². The Hall–Kier alpha value is -1.82. The quantitative estimate of drug-likeness (QED) is 0.799. The summed E-state index contributed by atoms with van der Waals surface area (Å²) in [5.41, 5.74) is 2.55. The molecule has 4 heterocycles. The van der Waals surface area contributed by atoms with Gasteiger partial charge in [0, 0.05) is 56.4 Å². The summed E-state index contributed by atoms with van der Waals surface area (Å²) in [6, 6.07) is 8.24. The van der Waals surface area contributed by atoms with E-state index in [0.717, 1.165) is 51.3 Å². The van der Waals surface area contributed by atoms with Gasteiger partial charge in [-0.2, -0.15) is 0 Å².